The number of nitrogens with zero attached hydrogens (tertiary/aromatic N) is 4. The van der Waals surface area contributed by atoms with Crippen molar-refractivity contribution in [3.05, 3.63) is 93.3 Å². The molecule has 0 aliphatic rings. The van der Waals surface area contributed by atoms with Crippen LogP contribution in [0.4, 0.5) is 0 Å². The van der Waals surface area contributed by atoms with Crippen LogP contribution in [0, 0.1) is 27.7 Å². The van der Waals surface area contributed by atoms with Gasteiger partial charge in [-0.3, -0.25) is 4.79 Å². The molecule has 0 bridgehead atoms. The smallest absolute Gasteiger partial charge is 0.279 e. The molecule has 5 rings (SSSR count). The third-order valence-corrected chi connectivity index (χ3v) is 5.93. The van der Waals surface area contributed by atoms with Crippen LogP contribution in [0.25, 0.3) is 39.4 Å². The fraction of sp³-hybridized carbons (Fsp3) is 0.154. The number of fused-ring (bicyclic) bond motifs is 1. The Kier molecular flexibility index (Phi) is 4.70. The van der Waals surface area contributed by atoms with Gasteiger partial charge in [-0.05, 0) is 74.2 Å². The fourth-order valence-electron chi connectivity index (χ4n) is 3.70. The second-order valence-electron chi connectivity index (χ2n) is 8.10. The summed E-state index contributed by atoms with van der Waals surface area (Å²) in [6, 6.07) is 19.2. The maximum absolute atomic E-state index is 13.2. The monoisotopic (exact) mass is 422 g/mol. The lowest BCUT2D eigenvalue weighted by molar-refractivity contribution is 0.430. The Morgan fingerprint density at radius 1 is 0.781 bits per heavy atom. The number of aryl methyl sites for hydroxylation is 4. The van der Waals surface area contributed by atoms with Gasteiger partial charge in [0.1, 0.15) is 0 Å². The molecular weight excluding hydrogens is 400 g/mol. The molecule has 0 amide bonds. The minimum Gasteiger partial charge on any atom is -0.332 e. The summed E-state index contributed by atoms with van der Waals surface area (Å²) in [5, 5.41) is 10.1. The first-order valence-electron chi connectivity index (χ1n) is 10.4. The van der Waals surface area contributed by atoms with Crippen LogP contribution in [-0.4, -0.2) is 19.9 Å². The Morgan fingerprint density at radius 3 is 2.19 bits per heavy atom. The Hall–Kier alpha value is -4.06. The summed E-state index contributed by atoms with van der Waals surface area (Å²) in [4.78, 5) is 17.9. The zero-order valence-electron chi connectivity index (χ0n) is 18.4. The quantitative estimate of drug-likeness (QED) is 0.393. The molecule has 0 saturated carbocycles. The highest BCUT2D eigenvalue weighted by Gasteiger charge is 2.19. The van der Waals surface area contributed by atoms with E-state index in [0.29, 0.717) is 28.0 Å². The van der Waals surface area contributed by atoms with E-state index in [2.05, 4.69) is 22.2 Å². The van der Waals surface area contributed by atoms with Crippen molar-refractivity contribution in [1.82, 2.24) is 19.9 Å². The summed E-state index contributed by atoms with van der Waals surface area (Å²) in [5.41, 5.74) is 6.43. The van der Waals surface area contributed by atoms with Crippen LogP contribution < -0.4 is 5.56 Å². The maximum Gasteiger partial charge on any atom is 0.279 e. The second kappa shape index (κ2) is 7.57. The number of rotatable bonds is 3. The summed E-state index contributed by atoms with van der Waals surface area (Å²) in [7, 11) is 0. The van der Waals surface area contributed by atoms with Crippen LogP contribution in [-0.2, 0) is 0 Å². The fourth-order valence-corrected chi connectivity index (χ4v) is 3.70. The van der Waals surface area contributed by atoms with Gasteiger partial charge in [-0.15, -0.1) is 0 Å². The molecule has 0 aliphatic carbocycles. The Labute approximate surface area is 185 Å². The SMILES string of the molecule is Cc1ccc(-c2noc(-c3nn(-c4ccc(C)c(C)c4)c(=O)c4ccccc34)n2)cc1C. The largest absolute Gasteiger partial charge is 0.332 e. The molecule has 6 heteroatoms. The molecule has 0 aliphatic heterocycles. The third-order valence-electron chi connectivity index (χ3n) is 5.93. The van der Waals surface area contributed by atoms with E-state index in [0.717, 1.165) is 22.3 Å². The van der Waals surface area contributed by atoms with E-state index in [1.54, 1.807) is 6.07 Å². The molecule has 0 saturated heterocycles. The van der Waals surface area contributed by atoms with E-state index >= 15 is 0 Å². The molecule has 0 fully saturated rings. The maximum atomic E-state index is 13.2. The molecule has 5 aromatic rings. The first-order valence-corrected chi connectivity index (χ1v) is 10.4. The van der Waals surface area contributed by atoms with E-state index in [4.69, 9.17) is 4.52 Å². The van der Waals surface area contributed by atoms with Gasteiger partial charge in [0, 0.05) is 10.9 Å². The summed E-state index contributed by atoms with van der Waals surface area (Å²) in [5.74, 6) is 0.755. The standard InChI is InChI=1S/C26H22N4O2/c1-15-9-11-19(13-17(15)3)24-27-25(32-29-24)23-21-7-5-6-8-22(21)26(31)30(28-23)20-12-10-16(2)18(4)14-20/h5-14H,1-4H3. The minimum atomic E-state index is -0.193. The number of hydrogen-bond donors (Lipinski definition) is 0. The predicted molar refractivity (Wildman–Crippen MR) is 125 cm³/mol. The lowest BCUT2D eigenvalue weighted by atomic mass is 10.1. The molecule has 0 atom stereocenters. The summed E-state index contributed by atoms with van der Waals surface area (Å²) in [6.07, 6.45) is 0. The summed E-state index contributed by atoms with van der Waals surface area (Å²) >= 11 is 0. The molecule has 0 spiro atoms. The normalized spacial score (nSPS) is 11.2. The van der Waals surface area contributed by atoms with Crippen molar-refractivity contribution in [3.8, 4) is 28.7 Å². The average molecular weight is 422 g/mol. The van der Waals surface area contributed by atoms with Crippen LogP contribution in [0.2, 0.25) is 0 Å². The van der Waals surface area contributed by atoms with Crippen LogP contribution >= 0.6 is 0 Å². The highest BCUT2D eigenvalue weighted by Crippen LogP contribution is 2.27. The molecule has 32 heavy (non-hydrogen) atoms. The van der Waals surface area contributed by atoms with E-state index < -0.39 is 0 Å². The minimum absolute atomic E-state index is 0.193. The number of hydrogen-bond acceptors (Lipinski definition) is 5. The van der Waals surface area contributed by atoms with Crippen LogP contribution in [0.5, 0.6) is 0 Å². The zero-order valence-corrected chi connectivity index (χ0v) is 18.4. The molecule has 2 heterocycles. The van der Waals surface area contributed by atoms with Gasteiger partial charge in [-0.1, -0.05) is 41.6 Å². The van der Waals surface area contributed by atoms with Crippen molar-refractivity contribution in [2.75, 3.05) is 0 Å². The topological polar surface area (TPSA) is 73.8 Å². The van der Waals surface area contributed by atoms with Gasteiger partial charge in [0.05, 0.1) is 11.1 Å². The van der Waals surface area contributed by atoms with Crippen LogP contribution in [0.3, 0.4) is 0 Å². The van der Waals surface area contributed by atoms with E-state index in [1.165, 1.54) is 10.2 Å². The lowest BCUT2D eigenvalue weighted by Gasteiger charge is -2.10. The van der Waals surface area contributed by atoms with Crippen molar-refractivity contribution in [2.45, 2.75) is 27.7 Å². The molecule has 0 unspecified atom stereocenters. The molecule has 0 N–H and O–H groups in total. The molecule has 2 aromatic heterocycles. The molecule has 3 aromatic carbocycles. The first kappa shape index (κ1) is 19.9. The van der Waals surface area contributed by atoms with Gasteiger partial charge in [-0.25, -0.2) is 0 Å². The highest BCUT2D eigenvalue weighted by atomic mass is 16.5. The number of aromatic nitrogens is 4. The van der Waals surface area contributed by atoms with Gasteiger partial charge < -0.3 is 4.52 Å². The van der Waals surface area contributed by atoms with Gasteiger partial charge in [0.15, 0.2) is 5.69 Å². The lowest BCUT2D eigenvalue weighted by Crippen LogP contribution is -2.22. The molecule has 6 nitrogen and oxygen atoms in total. The summed E-state index contributed by atoms with van der Waals surface area (Å²) < 4.78 is 7.02. The van der Waals surface area contributed by atoms with E-state index in [-0.39, 0.29) is 11.4 Å². The van der Waals surface area contributed by atoms with E-state index in [9.17, 15) is 4.79 Å². The van der Waals surface area contributed by atoms with Crippen molar-refractivity contribution in [2.24, 2.45) is 0 Å². The summed E-state index contributed by atoms with van der Waals surface area (Å²) in [6.45, 7) is 8.16. The van der Waals surface area contributed by atoms with Crippen LogP contribution in [0.15, 0.2) is 70.0 Å². The Balaban J connectivity index is 1.71. The zero-order chi connectivity index (χ0) is 22.4. The highest BCUT2D eigenvalue weighted by molar-refractivity contribution is 5.92. The Morgan fingerprint density at radius 2 is 1.47 bits per heavy atom. The number of benzene rings is 3. The van der Waals surface area contributed by atoms with E-state index in [1.807, 2.05) is 75.4 Å². The predicted octanol–water partition coefficient (Wildman–Crippen LogP) is 5.34. The van der Waals surface area contributed by atoms with Crippen LogP contribution in [0.1, 0.15) is 22.3 Å². The van der Waals surface area contributed by atoms with Gasteiger partial charge in [0.2, 0.25) is 5.82 Å². The third kappa shape index (κ3) is 3.30. The van der Waals surface area contributed by atoms with Crippen molar-refractivity contribution in [3.63, 3.8) is 0 Å². The average Bonchev–Trinajstić information content (AvgIpc) is 3.28. The van der Waals surface area contributed by atoms with Gasteiger partial charge in [-0.2, -0.15) is 14.8 Å². The van der Waals surface area contributed by atoms with Gasteiger partial charge in [0.25, 0.3) is 11.4 Å². The second-order valence-corrected chi connectivity index (χ2v) is 8.10. The van der Waals surface area contributed by atoms with Crippen molar-refractivity contribution >= 4 is 10.8 Å². The Bertz CT molecular complexity index is 1550. The molecular formula is C26H22N4O2. The van der Waals surface area contributed by atoms with Crippen molar-refractivity contribution < 1.29 is 4.52 Å². The molecule has 158 valence electrons. The van der Waals surface area contributed by atoms with Gasteiger partial charge >= 0.3 is 0 Å². The molecule has 0 radical (unpaired) electrons. The first-order chi connectivity index (χ1) is 15.4. The van der Waals surface area contributed by atoms with Crippen molar-refractivity contribution in [1.29, 1.82) is 0 Å².